The van der Waals surface area contributed by atoms with Crippen LogP contribution in [0.3, 0.4) is 0 Å². The molecule has 9 heteroatoms. The van der Waals surface area contributed by atoms with Gasteiger partial charge in [0.25, 0.3) is 0 Å². The first kappa shape index (κ1) is 18.4. The number of ether oxygens (including phenoxy) is 1. The SMILES string of the molecule is COC(=O)c1scc(C)c1S(=O)(=O)N1CCN[C@H](C)C1.Cl. The average molecular weight is 355 g/mol. The van der Waals surface area contributed by atoms with Crippen molar-refractivity contribution < 1.29 is 17.9 Å². The zero-order valence-electron chi connectivity index (χ0n) is 12.1. The van der Waals surface area contributed by atoms with Crippen molar-refractivity contribution in [3.8, 4) is 0 Å². The summed E-state index contributed by atoms with van der Waals surface area (Å²) in [7, 11) is -2.41. The molecule has 0 saturated carbocycles. The number of nitrogens with zero attached hydrogens (tertiary/aromatic N) is 1. The van der Waals surface area contributed by atoms with Gasteiger partial charge in [-0.25, -0.2) is 13.2 Å². The lowest BCUT2D eigenvalue weighted by Gasteiger charge is -2.31. The highest BCUT2D eigenvalue weighted by Crippen LogP contribution is 2.30. The average Bonchev–Trinajstić information content (AvgIpc) is 2.80. The van der Waals surface area contributed by atoms with Crippen LogP contribution in [0, 0.1) is 6.92 Å². The number of nitrogens with one attached hydrogen (secondary N) is 1. The molecule has 0 radical (unpaired) electrons. The molecule has 1 aromatic rings. The van der Waals surface area contributed by atoms with Gasteiger partial charge in [-0.3, -0.25) is 0 Å². The summed E-state index contributed by atoms with van der Waals surface area (Å²) in [4.78, 5) is 12.0. The lowest BCUT2D eigenvalue weighted by Crippen LogP contribution is -2.51. The summed E-state index contributed by atoms with van der Waals surface area (Å²) in [5, 5.41) is 4.87. The Kier molecular flexibility index (Phi) is 6.18. The van der Waals surface area contributed by atoms with E-state index in [0.29, 0.717) is 25.2 Å². The van der Waals surface area contributed by atoms with E-state index in [9.17, 15) is 13.2 Å². The first-order valence-corrected chi connectivity index (χ1v) is 8.60. The highest BCUT2D eigenvalue weighted by Gasteiger charge is 2.34. The molecule has 1 fully saturated rings. The Balaban J connectivity index is 0.00000220. The van der Waals surface area contributed by atoms with Crippen LogP contribution in [0.25, 0.3) is 0 Å². The number of aryl methyl sites for hydroxylation is 1. The summed E-state index contributed by atoms with van der Waals surface area (Å²) in [6.07, 6.45) is 0. The Hall–Kier alpha value is -0.670. The molecule has 0 spiro atoms. The predicted molar refractivity (Wildman–Crippen MR) is 83.9 cm³/mol. The minimum absolute atomic E-state index is 0. The van der Waals surface area contributed by atoms with Gasteiger partial charge in [0.05, 0.1) is 7.11 Å². The summed E-state index contributed by atoms with van der Waals surface area (Å²) in [6, 6.07) is 0.0963. The van der Waals surface area contributed by atoms with Gasteiger partial charge in [0.15, 0.2) is 0 Å². The molecule has 1 aliphatic heterocycles. The monoisotopic (exact) mass is 354 g/mol. The Morgan fingerprint density at radius 2 is 2.19 bits per heavy atom. The van der Waals surface area contributed by atoms with Crippen LogP contribution in [-0.4, -0.2) is 51.5 Å². The molecule has 6 nitrogen and oxygen atoms in total. The molecule has 1 atom stereocenters. The van der Waals surface area contributed by atoms with E-state index < -0.39 is 16.0 Å². The number of rotatable bonds is 3. The molecule has 2 rings (SSSR count). The fourth-order valence-electron chi connectivity index (χ4n) is 2.23. The van der Waals surface area contributed by atoms with Gasteiger partial charge >= 0.3 is 5.97 Å². The molecule has 0 unspecified atom stereocenters. The van der Waals surface area contributed by atoms with Crippen LogP contribution in [0.4, 0.5) is 0 Å². The summed E-state index contributed by atoms with van der Waals surface area (Å²) < 4.78 is 31.6. The zero-order chi connectivity index (χ0) is 14.9. The molecule has 21 heavy (non-hydrogen) atoms. The predicted octanol–water partition coefficient (Wildman–Crippen LogP) is 1.25. The second-order valence-corrected chi connectivity index (χ2v) is 7.54. The first-order valence-electron chi connectivity index (χ1n) is 6.28. The number of sulfonamides is 1. The Morgan fingerprint density at radius 1 is 1.52 bits per heavy atom. The molecule has 1 N–H and O–H groups in total. The van der Waals surface area contributed by atoms with Gasteiger partial charge in [0.2, 0.25) is 10.0 Å². The van der Waals surface area contributed by atoms with E-state index in [1.54, 1.807) is 12.3 Å². The molecule has 0 aliphatic carbocycles. The van der Waals surface area contributed by atoms with Crippen molar-refractivity contribution in [2.75, 3.05) is 26.7 Å². The van der Waals surface area contributed by atoms with E-state index in [0.717, 1.165) is 11.3 Å². The largest absolute Gasteiger partial charge is 0.465 e. The van der Waals surface area contributed by atoms with Crippen molar-refractivity contribution in [3.63, 3.8) is 0 Å². The van der Waals surface area contributed by atoms with Gasteiger partial charge in [0.1, 0.15) is 9.77 Å². The molecule has 120 valence electrons. The van der Waals surface area contributed by atoms with E-state index >= 15 is 0 Å². The van der Waals surface area contributed by atoms with E-state index in [4.69, 9.17) is 0 Å². The number of carbonyl (C=O) groups excluding carboxylic acids is 1. The minimum atomic E-state index is -3.67. The second kappa shape index (κ2) is 7.06. The van der Waals surface area contributed by atoms with Gasteiger partial charge in [0, 0.05) is 25.7 Å². The van der Waals surface area contributed by atoms with Crippen LogP contribution in [0.15, 0.2) is 10.3 Å². The smallest absolute Gasteiger partial charge is 0.349 e. The maximum Gasteiger partial charge on any atom is 0.349 e. The number of methoxy groups -OCH3 is 1. The molecule has 0 aromatic carbocycles. The fourth-order valence-corrected chi connectivity index (χ4v) is 5.42. The maximum atomic E-state index is 12.8. The maximum absolute atomic E-state index is 12.8. The number of halogens is 1. The van der Waals surface area contributed by atoms with Gasteiger partial charge in [-0.2, -0.15) is 4.31 Å². The molecular formula is C12H19ClN2O4S2. The third kappa shape index (κ3) is 3.57. The number of thiophene rings is 1. The molecule has 1 aromatic heterocycles. The van der Waals surface area contributed by atoms with E-state index in [1.165, 1.54) is 11.4 Å². The lowest BCUT2D eigenvalue weighted by molar-refractivity contribution is 0.0602. The van der Waals surface area contributed by atoms with E-state index in [1.807, 2.05) is 6.92 Å². The van der Waals surface area contributed by atoms with Crippen LogP contribution >= 0.6 is 23.7 Å². The Morgan fingerprint density at radius 3 is 2.76 bits per heavy atom. The lowest BCUT2D eigenvalue weighted by atomic mass is 10.3. The van der Waals surface area contributed by atoms with Gasteiger partial charge < -0.3 is 10.1 Å². The molecule has 0 amide bonds. The van der Waals surface area contributed by atoms with Crippen molar-refractivity contribution >= 4 is 39.7 Å². The quantitative estimate of drug-likeness (QED) is 0.827. The van der Waals surface area contributed by atoms with Gasteiger partial charge in [-0.05, 0) is 24.8 Å². The van der Waals surface area contributed by atoms with E-state index in [2.05, 4.69) is 10.1 Å². The fraction of sp³-hybridized carbons (Fsp3) is 0.583. The number of carbonyl (C=O) groups is 1. The molecule has 2 heterocycles. The standard InChI is InChI=1S/C12H18N2O4S2.ClH/c1-8-7-19-10(12(15)18-3)11(8)20(16,17)14-5-4-13-9(2)6-14;/h7,9,13H,4-6H2,1-3H3;1H/t9-;/m1./s1. The molecule has 0 bridgehead atoms. The van der Waals surface area contributed by atoms with Crippen molar-refractivity contribution in [1.82, 2.24) is 9.62 Å². The van der Waals surface area contributed by atoms with Crippen molar-refractivity contribution in [1.29, 1.82) is 0 Å². The number of hydrogen-bond donors (Lipinski definition) is 1. The third-order valence-electron chi connectivity index (χ3n) is 3.22. The van der Waals surface area contributed by atoms with Gasteiger partial charge in [-0.1, -0.05) is 0 Å². The summed E-state index contributed by atoms with van der Waals surface area (Å²) in [5.41, 5.74) is 0.585. The highest BCUT2D eigenvalue weighted by molar-refractivity contribution is 7.89. The van der Waals surface area contributed by atoms with Crippen LogP contribution in [0.2, 0.25) is 0 Å². The van der Waals surface area contributed by atoms with Crippen molar-refractivity contribution in [3.05, 3.63) is 15.8 Å². The number of hydrogen-bond acceptors (Lipinski definition) is 6. The highest BCUT2D eigenvalue weighted by atomic mass is 35.5. The van der Waals surface area contributed by atoms with Crippen LogP contribution < -0.4 is 5.32 Å². The third-order valence-corrected chi connectivity index (χ3v) is 6.48. The van der Waals surface area contributed by atoms with Crippen LogP contribution in [0.1, 0.15) is 22.2 Å². The summed E-state index contributed by atoms with van der Waals surface area (Å²) >= 11 is 1.10. The van der Waals surface area contributed by atoms with Crippen LogP contribution in [0.5, 0.6) is 0 Å². The minimum Gasteiger partial charge on any atom is -0.465 e. The first-order chi connectivity index (χ1) is 9.37. The molecular weight excluding hydrogens is 336 g/mol. The van der Waals surface area contributed by atoms with Crippen molar-refractivity contribution in [2.24, 2.45) is 0 Å². The normalized spacial score (nSPS) is 19.9. The Labute approximate surface area is 134 Å². The van der Waals surface area contributed by atoms with Crippen molar-refractivity contribution in [2.45, 2.75) is 24.8 Å². The topological polar surface area (TPSA) is 75.7 Å². The van der Waals surface area contributed by atoms with Crippen LogP contribution in [-0.2, 0) is 14.8 Å². The Bertz CT molecular complexity index is 615. The zero-order valence-corrected chi connectivity index (χ0v) is 14.5. The summed E-state index contributed by atoms with van der Waals surface area (Å²) in [6.45, 7) is 5.04. The second-order valence-electron chi connectivity index (χ2n) is 4.79. The molecule has 1 saturated heterocycles. The summed E-state index contributed by atoms with van der Waals surface area (Å²) in [5.74, 6) is -0.607. The van der Waals surface area contributed by atoms with E-state index in [-0.39, 0.29) is 28.2 Å². The number of piperazine rings is 1. The molecule has 1 aliphatic rings. The van der Waals surface area contributed by atoms with Gasteiger partial charge in [-0.15, -0.1) is 23.7 Å². The number of esters is 1.